The normalized spacial score (nSPS) is 10.8. The second-order valence-electron chi connectivity index (χ2n) is 8.83. The standard InChI is InChI=1S/C30H31N3O4/c1-4-5-6-7-18-37-24-15-13-22(14-16-24)28-31-27(21-9-11-23(12-10-21)30(35)36-3)32-29(33-28)25-17-8-20(2)19-26(25)34/h8-17,19,34H,4-7,18H2,1-3H3. The SMILES string of the molecule is CCCCCCOc1ccc(-c2nc(-c3ccc(C(=O)OC)cc3)nc(-c3ccc(C)cc3O)n2)cc1. The van der Waals surface area contributed by atoms with Crippen LogP contribution in [0.15, 0.2) is 66.7 Å². The van der Waals surface area contributed by atoms with Crippen LogP contribution in [0.5, 0.6) is 11.5 Å². The summed E-state index contributed by atoms with van der Waals surface area (Å²) < 4.78 is 10.7. The summed E-state index contributed by atoms with van der Waals surface area (Å²) in [4.78, 5) is 25.9. The summed E-state index contributed by atoms with van der Waals surface area (Å²) in [5.41, 5.74) is 3.37. The van der Waals surface area contributed by atoms with Gasteiger partial charge in [0.1, 0.15) is 11.5 Å². The third kappa shape index (κ3) is 6.50. The first-order chi connectivity index (χ1) is 18.0. The van der Waals surface area contributed by atoms with Crippen molar-refractivity contribution in [2.45, 2.75) is 39.5 Å². The zero-order valence-corrected chi connectivity index (χ0v) is 21.4. The molecule has 0 amide bonds. The third-order valence-electron chi connectivity index (χ3n) is 5.97. The van der Waals surface area contributed by atoms with Crippen LogP contribution in [0.4, 0.5) is 0 Å². The van der Waals surface area contributed by atoms with E-state index in [1.165, 1.54) is 20.0 Å². The Kier molecular flexibility index (Phi) is 8.46. The van der Waals surface area contributed by atoms with Crippen LogP contribution in [0.2, 0.25) is 0 Å². The van der Waals surface area contributed by atoms with Crippen molar-refractivity contribution in [3.8, 4) is 45.7 Å². The number of benzene rings is 3. The Hall–Kier alpha value is -4.26. The summed E-state index contributed by atoms with van der Waals surface area (Å²) in [5, 5.41) is 10.6. The van der Waals surface area contributed by atoms with Crippen LogP contribution in [0, 0.1) is 6.92 Å². The number of methoxy groups -OCH3 is 1. The number of hydrogen-bond donors (Lipinski definition) is 1. The van der Waals surface area contributed by atoms with Gasteiger partial charge in [-0.05, 0) is 67.4 Å². The number of aromatic nitrogens is 3. The van der Waals surface area contributed by atoms with Gasteiger partial charge in [-0.3, -0.25) is 0 Å². The Morgan fingerprint density at radius 1 is 0.811 bits per heavy atom. The maximum Gasteiger partial charge on any atom is 0.337 e. The topological polar surface area (TPSA) is 94.4 Å². The molecule has 0 spiro atoms. The summed E-state index contributed by atoms with van der Waals surface area (Å²) >= 11 is 0. The number of aromatic hydroxyl groups is 1. The predicted molar refractivity (Wildman–Crippen MR) is 144 cm³/mol. The van der Waals surface area contributed by atoms with Crippen LogP contribution in [0.1, 0.15) is 48.5 Å². The zero-order valence-electron chi connectivity index (χ0n) is 21.4. The monoisotopic (exact) mass is 497 g/mol. The molecule has 7 heteroatoms. The highest BCUT2D eigenvalue weighted by Crippen LogP contribution is 2.31. The van der Waals surface area contributed by atoms with Crippen LogP contribution < -0.4 is 4.74 Å². The van der Waals surface area contributed by atoms with Crippen LogP contribution in [-0.4, -0.2) is 39.7 Å². The molecule has 0 atom stereocenters. The number of nitrogens with zero attached hydrogens (tertiary/aromatic N) is 3. The number of esters is 1. The summed E-state index contributed by atoms with van der Waals surface area (Å²) in [6.07, 6.45) is 4.61. The molecule has 0 aliphatic heterocycles. The lowest BCUT2D eigenvalue weighted by Crippen LogP contribution is -2.02. The number of ether oxygens (including phenoxy) is 2. The highest BCUT2D eigenvalue weighted by Gasteiger charge is 2.15. The van der Waals surface area contributed by atoms with Crippen molar-refractivity contribution in [3.05, 3.63) is 77.9 Å². The van der Waals surface area contributed by atoms with Crippen LogP contribution >= 0.6 is 0 Å². The van der Waals surface area contributed by atoms with Gasteiger partial charge < -0.3 is 14.6 Å². The molecule has 1 N–H and O–H groups in total. The lowest BCUT2D eigenvalue weighted by molar-refractivity contribution is 0.0600. The van der Waals surface area contributed by atoms with Gasteiger partial charge in [0, 0.05) is 11.1 Å². The van der Waals surface area contributed by atoms with E-state index in [2.05, 4.69) is 16.9 Å². The van der Waals surface area contributed by atoms with Gasteiger partial charge in [-0.2, -0.15) is 0 Å². The molecular weight excluding hydrogens is 466 g/mol. The molecule has 4 aromatic rings. The minimum atomic E-state index is -0.416. The van der Waals surface area contributed by atoms with E-state index >= 15 is 0 Å². The Morgan fingerprint density at radius 2 is 1.43 bits per heavy atom. The van der Waals surface area contributed by atoms with E-state index in [4.69, 9.17) is 14.5 Å². The molecule has 3 aromatic carbocycles. The quantitative estimate of drug-likeness (QED) is 0.194. The van der Waals surface area contributed by atoms with Crippen molar-refractivity contribution < 1.29 is 19.4 Å². The van der Waals surface area contributed by atoms with E-state index in [0.29, 0.717) is 40.8 Å². The largest absolute Gasteiger partial charge is 0.507 e. The van der Waals surface area contributed by atoms with Gasteiger partial charge >= 0.3 is 5.97 Å². The first kappa shape index (κ1) is 25.8. The van der Waals surface area contributed by atoms with E-state index < -0.39 is 5.97 Å². The van der Waals surface area contributed by atoms with Crippen LogP contribution in [0.25, 0.3) is 34.2 Å². The molecule has 1 aromatic heterocycles. The van der Waals surface area contributed by atoms with Gasteiger partial charge in [-0.15, -0.1) is 0 Å². The molecule has 0 fully saturated rings. The molecular formula is C30H31N3O4. The number of unbranched alkanes of at least 4 members (excludes halogenated alkanes) is 3. The molecule has 0 aliphatic carbocycles. The van der Waals surface area contributed by atoms with Crippen LogP contribution in [-0.2, 0) is 4.74 Å². The molecule has 0 radical (unpaired) electrons. The number of hydrogen-bond acceptors (Lipinski definition) is 7. The molecule has 190 valence electrons. The second kappa shape index (κ2) is 12.1. The zero-order chi connectivity index (χ0) is 26.2. The van der Waals surface area contributed by atoms with Crippen molar-refractivity contribution in [1.82, 2.24) is 15.0 Å². The molecule has 0 saturated carbocycles. The third-order valence-corrected chi connectivity index (χ3v) is 5.97. The summed E-state index contributed by atoms with van der Waals surface area (Å²) in [6.45, 7) is 4.78. The first-order valence-electron chi connectivity index (χ1n) is 12.5. The molecule has 37 heavy (non-hydrogen) atoms. The Morgan fingerprint density at radius 3 is 2.03 bits per heavy atom. The fourth-order valence-corrected chi connectivity index (χ4v) is 3.88. The van der Waals surface area contributed by atoms with E-state index in [9.17, 15) is 9.90 Å². The summed E-state index contributed by atoms with van der Waals surface area (Å²) in [7, 11) is 1.34. The van der Waals surface area contributed by atoms with Crippen molar-refractivity contribution in [1.29, 1.82) is 0 Å². The molecule has 1 heterocycles. The highest BCUT2D eigenvalue weighted by atomic mass is 16.5. The predicted octanol–water partition coefficient (Wildman–Crippen LogP) is 6.63. The molecule has 0 unspecified atom stereocenters. The average Bonchev–Trinajstić information content (AvgIpc) is 2.92. The van der Waals surface area contributed by atoms with E-state index in [-0.39, 0.29) is 5.75 Å². The van der Waals surface area contributed by atoms with Crippen molar-refractivity contribution in [2.24, 2.45) is 0 Å². The first-order valence-corrected chi connectivity index (χ1v) is 12.5. The van der Waals surface area contributed by atoms with Crippen molar-refractivity contribution >= 4 is 5.97 Å². The number of aryl methyl sites for hydroxylation is 1. The van der Waals surface area contributed by atoms with Crippen LogP contribution in [0.3, 0.4) is 0 Å². The minimum absolute atomic E-state index is 0.0935. The molecule has 4 rings (SSSR count). The Bertz CT molecular complexity index is 1350. The van der Waals surface area contributed by atoms with Crippen molar-refractivity contribution in [3.63, 3.8) is 0 Å². The van der Waals surface area contributed by atoms with Crippen molar-refractivity contribution in [2.75, 3.05) is 13.7 Å². The van der Waals surface area contributed by atoms with Gasteiger partial charge in [0.2, 0.25) is 0 Å². The smallest absolute Gasteiger partial charge is 0.337 e. The summed E-state index contributed by atoms with van der Waals surface area (Å²) in [6, 6.07) is 19.9. The lowest BCUT2D eigenvalue weighted by Gasteiger charge is -2.11. The number of carbonyl (C=O) groups excluding carboxylic acids is 1. The fourth-order valence-electron chi connectivity index (χ4n) is 3.88. The van der Waals surface area contributed by atoms with Gasteiger partial charge in [-0.25, -0.2) is 19.7 Å². The average molecular weight is 498 g/mol. The fraction of sp³-hybridized carbons (Fsp3) is 0.267. The molecule has 0 saturated heterocycles. The van der Waals surface area contributed by atoms with Gasteiger partial charge in [0.15, 0.2) is 17.5 Å². The molecule has 7 nitrogen and oxygen atoms in total. The second-order valence-corrected chi connectivity index (χ2v) is 8.83. The van der Waals surface area contributed by atoms with Gasteiger partial charge in [0.25, 0.3) is 0 Å². The van der Waals surface area contributed by atoms with E-state index in [0.717, 1.165) is 29.7 Å². The number of rotatable bonds is 10. The maximum atomic E-state index is 11.8. The number of carbonyl (C=O) groups is 1. The minimum Gasteiger partial charge on any atom is -0.507 e. The Balaban J connectivity index is 1.68. The number of phenolic OH excluding ortho intramolecular Hbond substituents is 1. The molecule has 0 bridgehead atoms. The molecule has 0 aliphatic rings. The van der Waals surface area contributed by atoms with Gasteiger partial charge in [0.05, 0.1) is 24.8 Å². The number of phenols is 1. The van der Waals surface area contributed by atoms with Gasteiger partial charge in [-0.1, -0.05) is 44.4 Å². The van der Waals surface area contributed by atoms with E-state index in [1.807, 2.05) is 37.3 Å². The van der Waals surface area contributed by atoms with E-state index in [1.54, 1.807) is 36.4 Å². The lowest BCUT2D eigenvalue weighted by atomic mass is 10.1. The Labute approximate surface area is 217 Å². The summed E-state index contributed by atoms with van der Waals surface area (Å²) in [5.74, 6) is 1.71. The highest BCUT2D eigenvalue weighted by molar-refractivity contribution is 5.89. The maximum absolute atomic E-state index is 11.8.